The Bertz CT molecular complexity index is 405. The molecule has 1 N–H and O–H groups in total. The highest BCUT2D eigenvalue weighted by Crippen LogP contribution is 2.14. The fourth-order valence-corrected chi connectivity index (χ4v) is 1.87. The van der Waals surface area contributed by atoms with Crippen molar-refractivity contribution in [3.8, 4) is 0 Å². The summed E-state index contributed by atoms with van der Waals surface area (Å²) in [5.74, 6) is -0.271. The van der Waals surface area contributed by atoms with Gasteiger partial charge in [0.25, 0.3) is 0 Å². The minimum Gasteiger partial charge on any atom is -0.478 e. The van der Waals surface area contributed by atoms with Crippen molar-refractivity contribution in [1.82, 2.24) is 9.97 Å². The Kier molecular flexibility index (Phi) is 4.98. The lowest BCUT2D eigenvalue weighted by molar-refractivity contribution is -0.132. The SMILES string of the molecule is CCC(=CCSc1nccc(C)n1)C(=O)O. The molecule has 1 aromatic heterocycles. The van der Waals surface area contributed by atoms with Crippen molar-refractivity contribution in [3.05, 3.63) is 29.6 Å². The molecule has 0 saturated carbocycles. The van der Waals surface area contributed by atoms with E-state index in [0.29, 0.717) is 22.9 Å². The van der Waals surface area contributed by atoms with Crippen molar-refractivity contribution in [3.63, 3.8) is 0 Å². The summed E-state index contributed by atoms with van der Waals surface area (Å²) in [5, 5.41) is 9.48. The van der Waals surface area contributed by atoms with Crippen molar-refractivity contribution in [1.29, 1.82) is 0 Å². The fourth-order valence-electron chi connectivity index (χ4n) is 1.10. The van der Waals surface area contributed by atoms with E-state index in [1.54, 1.807) is 12.3 Å². The molecule has 0 bridgehead atoms. The molecule has 0 aliphatic rings. The summed E-state index contributed by atoms with van der Waals surface area (Å²) >= 11 is 1.43. The topological polar surface area (TPSA) is 63.1 Å². The molecule has 0 amide bonds. The first-order valence-electron chi connectivity index (χ1n) is 4.98. The van der Waals surface area contributed by atoms with Crippen molar-refractivity contribution in [2.45, 2.75) is 25.4 Å². The van der Waals surface area contributed by atoms with E-state index >= 15 is 0 Å². The summed E-state index contributed by atoms with van der Waals surface area (Å²) in [7, 11) is 0. The van der Waals surface area contributed by atoms with E-state index in [1.807, 2.05) is 19.9 Å². The van der Waals surface area contributed by atoms with E-state index in [1.165, 1.54) is 11.8 Å². The molecule has 5 heteroatoms. The second-order valence-corrected chi connectivity index (χ2v) is 4.17. The van der Waals surface area contributed by atoms with Crippen molar-refractivity contribution in [2.24, 2.45) is 0 Å². The molecule has 1 heterocycles. The van der Waals surface area contributed by atoms with Crippen LogP contribution in [0.1, 0.15) is 19.0 Å². The molecule has 0 saturated heterocycles. The average molecular weight is 238 g/mol. The van der Waals surface area contributed by atoms with Crippen molar-refractivity contribution in [2.75, 3.05) is 5.75 Å². The summed E-state index contributed by atoms with van der Waals surface area (Å²) in [4.78, 5) is 19.0. The molecule has 0 spiro atoms. The number of carbonyl (C=O) groups is 1. The number of hydrogen-bond donors (Lipinski definition) is 1. The third kappa shape index (κ3) is 4.02. The van der Waals surface area contributed by atoms with Crippen LogP contribution in [0, 0.1) is 6.92 Å². The van der Waals surface area contributed by atoms with Gasteiger partial charge in [0.15, 0.2) is 5.16 Å². The van der Waals surface area contributed by atoms with Crippen molar-refractivity contribution < 1.29 is 9.90 Å². The van der Waals surface area contributed by atoms with Crippen LogP contribution in [0.5, 0.6) is 0 Å². The molecule has 0 fully saturated rings. The summed E-state index contributed by atoms with van der Waals surface area (Å²) in [6.45, 7) is 3.73. The number of aromatic nitrogens is 2. The smallest absolute Gasteiger partial charge is 0.331 e. The number of carboxylic acid groups (broad SMARTS) is 1. The molecule has 1 aromatic rings. The zero-order valence-corrected chi connectivity index (χ0v) is 10.1. The predicted molar refractivity (Wildman–Crippen MR) is 63.5 cm³/mol. The van der Waals surface area contributed by atoms with Crippen LogP contribution in [0.15, 0.2) is 29.1 Å². The molecule has 0 unspecified atom stereocenters. The first-order valence-corrected chi connectivity index (χ1v) is 5.96. The van der Waals surface area contributed by atoms with Gasteiger partial charge in [-0.25, -0.2) is 14.8 Å². The Hall–Kier alpha value is -1.36. The van der Waals surface area contributed by atoms with E-state index in [2.05, 4.69) is 9.97 Å². The highest BCUT2D eigenvalue weighted by Gasteiger charge is 2.03. The van der Waals surface area contributed by atoms with Crippen LogP contribution < -0.4 is 0 Å². The van der Waals surface area contributed by atoms with E-state index in [-0.39, 0.29) is 0 Å². The Labute approximate surface area is 98.8 Å². The zero-order chi connectivity index (χ0) is 12.0. The standard InChI is InChI=1S/C11H14N2O2S/c1-3-9(10(14)15)5-7-16-11-12-6-4-8(2)13-11/h4-6H,3,7H2,1-2H3,(H,14,15). The second-order valence-electron chi connectivity index (χ2n) is 3.18. The number of thioether (sulfide) groups is 1. The van der Waals surface area contributed by atoms with E-state index in [0.717, 1.165) is 5.69 Å². The number of aliphatic carboxylic acids is 1. The molecular formula is C11H14N2O2S. The zero-order valence-electron chi connectivity index (χ0n) is 9.30. The monoisotopic (exact) mass is 238 g/mol. The average Bonchev–Trinajstić information content (AvgIpc) is 2.24. The van der Waals surface area contributed by atoms with Crippen LogP contribution in [-0.4, -0.2) is 26.8 Å². The van der Waals surface area contributed by atoms with Crippen LogP contribution in [0.2, 0.25) is 0 Å². The van der Waals surface area contributed by atoms with Crippen LogP contribution in [0.4, 0.5) is 0 Å². The summed E-state index contributed by atoms with van der Waals surface area (Å²) in [6.07, 6.45) is 3.94. The minimum atomic E-state index is -0.853. The Morgan fingerprint density at radius 3 is 2.94 bits per heavy atom. The summed E-state index contributed by atoms with van der Waals surface area (Å²) in [5.41, 5.74) is 1.34. The molecule has 0 aliphatic carbocycles. The van der Waals surface area contributed by atoms with Gasteiger partial charge in [-0.3, -0.25) is 0 Å². The van der Waals surface area contributed by atoms with E-state index in [9.17, 15) is 4.79 Å². The van der Waals surface area contributed by atoms with E-state index in [4.69, 9.17) is 5.11 Å². The lowest BCUT2D eigenvalue weighted by Gasteiger charge is -1.99. The number of carboxylic acids is 1. The second kappa shape index (κ2) is 6.27. The maximum absolute atomic E-state index is 10.7. The number of aryl methyl sites for hydroxylation is 1. The highest BCUT2D eigenvalue weighted by atomic mass is 32.2. The third-order valence-corrected chi connectivity index (χ3v) is 2.76. The molecule has 0 aromatic carbocycles. The summed E-state index contributed by atoms with van der Waals surface area (Å²) in [6, 6.07) is 1.83. The van der Waals surface area contributed by atoms with Gasteiger partial charge in [0.2, 0.25) is 0 Å². The van der Waals surface area contributed by atoms with Gasteiger partial charge in [-0.2, -0.15) is 0 Å². The third-order valence-electron chi connectivity index (χ3n) is 1.97. The Balaban J connectivity index is 2.55. The molecule has 4 nitrogen and oxygen atoms in total. The number of nitrogens with zero attached hydrogens (tertiary/aromatic N) is 2. The van der Waals surface area contributed by atoms with Crippen LogP contribution in [0.3, 0.4) is 0 Å². The Morgan fingerprint density at radius 2 is 2.38 bits per heavy atom. The minimum absolute atomic E-state index is 0.431. The molecule has 16 heavy (non-hydrogen) atoms. The van der Waals surface area contributed by atoms with Gasteiger partial charge in [0, 0.05) is 23.2 Å². The fraction of sp³-hybridized carbons (Fsp3) is 0.364. The summed E-state index contributed by atoms with van der Waals surface area (Å²) < 4.78 is 0. The molecular weight excluding hydrogens is 224 g/mol. The van der Waals surface area contributed by atoms with Gasteiger partial charge in [0.05, 0.1) is 0 Å². The normalized spacial score (nSPS) is 11.5. The maximum Gasteiger partial charge on any atom is 0.331 e. The largest absolute Gasteiger partial charge is 0.478 e. The first-order chi connectivity index (χ1) is 7.63. The van der Waals surface area contributed by atoms with E-state index < -0.39 is 5.97 Å². The molecule has 86 valence electrons. The van der Waals surface area contributed by atoms with Crippen LogP contribution in [-0.2, 0) is 4.79 Å². The van der Waals surface area contributed by atoms with Crippen LogP contribution >= 0.6 is 11.8 Å². The lowest BCUT2D eigenvalue weighted by atomic mass is 10.2. The number of rotatable bonds is 5. The lowest BCUT2D eigenvalue weighted by Crippen LogP contribution is -1.99. The maximum atomic E-state index is 10.7. The molecule has 1 rings (SSSR count). The molecule has 0 atom stereocenters. The van der Waals surface area contributed by atoms with Gasteiger partial charge in [-0.1, -0.05) is 24.8 Å². The van der Waals surface area contributed by atoms with Crippen LogP contribution in [0.25, 0.3) is 0 Å². The van der Waals surface area contributed by atoms with Gasteiger partial charge in [-0.05, 0) is 19.4 Å². The highest BCUT2D eigenvalue weighted by molar-refractivity contribution is 7.99. The quantitative estimate of drug-likeness (QED) is 0.484. The molecule has 0 radical (unpaired) electrons. The van der Waals surface area contributed by atoms with Gasteiger partial charge in [-0.15, -0.1) is 0 Å². The first kappa shape index (κ1) is 12.7. The van der Waals surface area contributed by atoms with Gasteiger partial charge >= 0.3 is 5.97 Å². The Morgan fingerprint density at radius 1 is 1.62 bits per heavy atom. The molecule has 0 aliphatic heterocycles. The van der Waals surface area contributed by atoms with Gasteiger partial charge < -0.3 is 5.11 Å². The van der Waals surface area contributed by atoms with Gasteiger partial charge in [0.1, 0.15) is 0 Å². The number of hydrogen-bond acceptors (Lipinski definition) is 4. The predicted octanol–water partition coefficient (Wildman–Crippen LogP) is 2.30. The van der Waals surface area contributed by atoms with Crippen molar-refractivity contribution >= 4 is 17.7 Å².